The highest BCUT2D eigenvalue weighted by Gasteiger charge is 2.14. The summed E-state index contributed by atoms with van der Waals surface area (Å²) in [5.74, 6) is -0.638. The van der Waals surface area contributed by atoms with E-state index >= 15 is 0 Å². The number of fused-ring (bicyclic) bond motifs is 1. The second kappa shape index (κ2) is 8.23. The van der Waals surface area contributed by atoms with Crippen molar-refractivity contribution in [2.45, 2.75) is 6.92 Å². The highest BCUT2D eigenvalue weighted by atomic mass is 16.5. The van der Waals surface area contributed by atoms with Crippen LogP contribution in [0.15, 0.2) is 60.7 Å². The number of nitrogens with one attached hydrogen (secondary N) is 1. The van der Waals surface area contributed by atoms with Crippen molar-refractivity contribution in [3.63, 3.8) is 0 Å². The minimum atomic E-state index is -0.655. The van der Waals surface area contributed by atoms with E-state index in [-0.39, 0.29) is 30.4 Å². The lowest BCUT2D eigenvalue weighted by atomic mass is 10.1. The van der Waals surface area contributed by atoms with Crippen molar-refractivity contribution in [3.8, 4) is 11.5 Å². The van der Waals surface area contributed by atoms with Crippen molar-refractivity contribution in [3.05, 3.63) is 66.2 Å². The van der Waals surface area contributed by atoms with Gasteiger partial charge in [-0.1, -0.05) is 36.4 Å². The lowest BCUT2D eigenvalue weighted by Gasteiger charge is -2.11. The number of aromatic hydroxyl groups is 1. The largest absolute Gasteiger partial charge is 0.507 e. The van der Waals surface area contributed by atoms with Crippen molar-refractivity contribution in [1.29, 1.82) is 0 Å². The van der Waals surface area contributed by atoms with Crippen molar-refractivity contribution in [1.82, 2.24) is 0 Å². The number of ether oxygens (including phenoxy) is 2. The fourth-order valence-corrected chi connectivity index (χ4v) is 2.65. The highest BCUT2D eigenvalue weighted by Crippen LogP contribution is 2.25. The van der Waals surface area contributed by atoms with Crippen LogP contribution in [0.25, 0.3) is 10.8 Å². The number of rotatable bonds is 6. The molecule has 0 aromatic heterocycles. The lowest BCUT2D eigenvalue weighted by Crippen LogP contribution is -2.20. The van der Waals surface area contributed by atoms with E-state index in [9.17, 15) is 14.7 Å². The predicted octanol–water partition coefficient (Wildman–Crippen LogP) is 3.74. The summed E-state index contributed by atoms with van der Waals surface area (Å²) >= 11 is 0. The Morgan fingerprint density at radius 1 is 1.04 bits per heavy atom. The summed E-state index contributed by atoms with van der Waals surface area (Å²) in [5.41, 5.74) is 0.354. The Kier molecular flexibility index (Phi) is 5.56. The molecule has 0 saturated carbocycles. The minimum Gasteiger partial charge on any atom is -0.507 e. The van der Waals surface area contributed by atoms with Crippen LogP contribution in [-0.4, -0.2) is 30.2 Å². The molecule has 0 fully saturated rings. The molecule has 0 bridgehead atoms. The predicted molar refractivity (Wildman–Crippen MR) is 102 cm³/mol. The van der Waals surface area contributed by atoms with Gasteiger partial charge in [0.2, 0.25) is 0 Å². The number of carbonyl (C=O) groups excluding carboxylic acids is 2. The van der Waals surface area contributed by atoms with Crippen molar-refractivity contribution in [2.75, 3.05) is 18.5 Å². The van der Waals surface area contributed by atoms with Crippen molar-refractivity contribution < 1.29 is 24.2 Å². The summed E-state index contributed by atoms with van der Waals surface area (Å²) in [5, 5.41) is 14.4. The smallest absolute Gasteiger partial charge is 0.341 e. The first-order valence-corrected chi connectivity index (χ1v) is 8.49. The number of esters is 1. The molecule has 27 heavy (non-hydrogen) atoms. The molecule has 0 aliphatic heterocycles. The quantitative estimate of drug-likeness (QED) is 0.513. The molecule has 138 valence electrons. The summed E-state index contributed by atoms with van der Waals surface area (Å²) in [7, 11) is 0. The molecule has 0 aliphatic carbocycles. The van der Waals surface area contributed by atoms with Gasteiger partial charge in [-0.2, -0.15) is 0 Å². The van der Waals surface area contributed by atoms with Crippen LogP contribution in [0.5, 0.6) is 11.5 Å². The fourth-order valence-electron chi connectivity index (χ4n) is 2.65. The molecule has 6 nitrogen and oxygen atoms in total. The van der Waals surface area contributed by atoms with E-state index in [1.807, 2.05) is 36.4 Å². The Labute approximate surface area is 156 Å². The topological polar surface area (TPSA) is 84.9 Å². The number of anilines is 1. The summed E-state index contributed by atoms with van der Waals surface area (Å²) in [6.07, 6.45) is 0. The van der Waals surface area contributed by atoms with E-state index in [0.717, 1.165) is 10.8 Å². The number of benzene rings is 3. The Morgan fingerprint density at radius 3 is 2.63 bits per heavy atom. The average molecular weight is 365 g/mol. The third-order valence-corrected chi connectivity index (χ3v) is 3.88. The van der Waals surface area contributed by atoms with Gasteiger partial charge < -0.3 is 19.9 Å². The van der Waals surface area contributed by atoms with Crippen LogP contribution in [-0.2, 0) is 9.53 Å². The molecular formula is C21H19NO5. The molecule has 0 radical (unpaired) electrons. The van der Waals surface area contributed by atoms with Crippen LogP contribution in [0.2, 0.25) is 0 Å². The van der Waals surface area contributed by atoms with Gasteiger partial charge in [-0.05, 0) is 36.6 Å². The third-order valence-electron chi connectivity index (χ3n) is 3.88. The monoisotopic (exact) mass is 365 g/mol. The molecule has 0 saturated heterocycles. The van der Waals surface area contributed by atoms with E-state index < -0.39 is 5.97 Å². The first-order chi connectivity index (χ1) is 13.1. The van der Waals surface area contributed by atoms with E-state index in [1.165, 1.54) is 18.2 Å². The second-order valence-electron chi connectivity index (χ2n) is 5.77. The zero-order chi connectivity index (χ0) is 19.2. The van der Waals surface area contributed by atoms with Crippen LogP contribution in [0, 0.1) is 0 Å². The van der Waals surface area contributed by atoms with Gasteiger partial charge in [0.25, 0.3) is 5.91 Å². The van der Waals surface area contributed by atoms with Crippen LogP contribution in [0.3, 0.4) is 0 Å². The highest BCUT2D eigenvalue weighted by molar-refractivity contribution is 5.97. The minimum absolute atomic E-state index is 0.00961. The van der Waals surface area contributed by atoms with E-state index in [4.69, 9.17) is 9.47 Å². The standard InChI is InChI=1S/C21H19NO5/c1-2-26-21(25)17-12-15(10-11-18(17)23)22-20(24)13-27-19-9-5-7-14-6-3-4-8-16(14)19/h3-12,23H,2,13H2,1H3,(H,22,24). The summed E-state index contributed by atoms with van der Waals surface area (Å²) in [4.78, 5) is 24.0. The molecule has 0 aliphatic rings. The molecule has 1 amide bonds. The van der Waals surface area contributed by atoms with Crippen LogP contribution < -0.4 is 10.1 Å². The Morgan fingerprint density at radius 2 is 1.81 bits per heavy atom. The maximum Gasteiger partial charge on any atom is 0.341 e. The van der Waals surface area contributed by atoms with E-state index in [0.29, 0.717) is 11.4 Å². The van der Waals surface area contributed by atoms with Gasteiger partial charge in [-0.25, -0.2) is 4.79 Å². The van der Waals surface area contributed by atoms with Crippen molar-refractivity contribution >= 4 is 28.3 Å². The number of hydrogen-bond donors (Lipinski definition) is 2. The number of carbonyl (C=O) groups is 2. The summed E-state index contributed by atoms with van der Waals surface area (Å²) < 4.78 is 10.5. The molecule has 2 N–H and O–H groups in total. The average Bonchev–Trinajstić information content (AvgIpc) is 2.68. The molecule has 0 heterocycles. The van der Waals surface area contributed by atoms with E-state index in [1.54, 1.807) is 13.0 Å². The molecule has 3 rings (SSSR count). The van der Waals surface area contributed by atoms with Gasteiger partial charge in [0, 0.05) is 11.1 Å². The summed E-state index contributed by atoms with van der Waals surface area (Å²) in [6, 6.07) is 17.5. The van der Waals surface area contributed by atoms with Gasteiger partial charge >= 0.3 is 5.97 Å². The van der Waals surface area contributed by atoms with Gasteiger partial charge in [-0.15, -0.1) is 0 Å². The summed E-state index contributed by atoms with van der Waals surface area (Å²) in [6.45, 7) is 1.67. The van der Waals surface area contributed by atoms with Gasteiger partial charge in [0.15, 0.2) is 6.61 Å². The molecular weight excluding hydrogens is 346 g/mol. The fraction of sp³-hybridized carbons (Fsp3) is 0.143. The molecule has 3 aromatic carbocycles. The second-order valence-corrected chi connectivity index (χ2v) is 5.77. The molecule has 6 heteroatoms. The maximum absolute atomic E-state index is 12.2. The maximum atomic E-state index is 12.2. The third kappa shape index (κ3) is 4.36. The molecule has 3 aromatic rings. The SMILES string of the molecule is CCOC(=O)c1cc(NC(=O)COc2cccc3ccccc23)ccc1O. The zero-order valence-corrected chi connectivity index (χ0v) is 14.8. The number of hydrogen-bond acceptors (Lipinski definition) is 5. The van der Waals surface area contributed by atoms with Crippen LogP contribution >= 0.6 is 0 Å². The Hall–Kier alpha value is -3.54. The first kappa shape index (κ1) is 18.3. The van der Waals surface area contributed by atoms with Crippen LogP contribution in [0.1, 0.15) is 17.3 Å². The van der Waals surface area contributed by atoms with Crippen LogP contribution in [0.4, 0.5) is 5.69 Å². The molecule has 0 spiro atoms. The number of phenolic OH excluding ortho intramolecular Hbond substituents is 1. The molecule has 0 atom stereocenters. The number of phenols is 1. The normalized spacial score (nSPS) is 10.4. The zero-order valence-electron chi connectivity index (χ0n) is 14.8. The lowest BCUT2D eigenvalue weighted by molar-refractivity contribution is -0.118. The van der Waals surface area contributed by atoms with Gasteiger partial charge in [-0.3, -0.25) is 4.79 Å². The van der Waals surface area contributed by atoms with Gasteiger partial charge in [0.1, 0.15) is 17.1 Å². The van der Waals surface area contributed by atoms with Gasteiger partial charge in [0.05, 0.1) is 6.61 Å². The number of amides is 1. The Balaban J connectivity index is 1.67. The van der Waals surface area contributed by atoms with E-state index in [2.05, 4.69) is 5.32 Å². The Bertz CT molecular complexity index is 978. The van der Waals surface area contributed by atoms with Crippen molar-refractivity contribution in [2.24, 2.45) is 0 Å². The first-order valence-electron chi connectivity index (χ1n) is 8.49. The molecule has 0 unspecified atom stereocenters.